The zero-order valence-corrected chi connectivity index (χ0v) is 15.1. The van der Waals surface area contributed by atoms with Gasteiger partial charge in [0, 0.05) is 45.3 Å². The first-order valence-corrected chi connectivity index (χ1v) is 8.62. The molecular weight excluding hydrogens is 316 g/mol. The molecule has 3 unspecified atom stereocenters. The maximum Gasteiger partial charge on any atom is 0.224 e. The Bertz CT molecular complexity index is 801. The van der Waals surface area contributed by atoms with E-state index in [4.69, 9.17) is 4.74 Å². The van der Waals surface area contributed by atoms with Crippen LogP contribution in [0, 0.1) is 18.8 Å². The van der Waals surface area contributed by atoms with Gasteiger partial charge < -0.3 is 9.75 Å². The molecule has 25 heavy (non-hydrogen) atoms. The minimum absolute atomic E-state index is 0.475. The van der Waals surface area contributed by atoms with Gasteiger partial charge in [-0.2, -0.15) is 10.1 Å². The SMILES string of the molecule is Cc1ncc(-c2cnn(C)c2)c(OCC2CC2C2C=CN(C)N2C)n1. The molecule has 1 aliphatic carbocycles. The van der Waals surface area contributed by atoms with Gasteiger partial charge >= 0.3 is 0 Å². The molecular formula is C18H24N6O. The van der Waals surface area contributed by atoms with E-state index >= 15 is 0 Å². The molecule has 132 valence electrons. The summed E-state index contributed by atoms with van der Waals surface area (Å²) in [7, 11) is 6.11. The summed E-state index contributed by atoms with van der Waals surface area (Å²) in [5, 5.41) is 8.64. The Morgan fingerprint density at radius 3 is 2.76 bits per heavy atom. The van der Waals surface area contributed by atoms with Crippen LogP contribution in [-0.4, -0.2) is 56.5 Å². The topological polar surface area (TPSA) is 59.3 Å². The van der Waals surface area contributed by atoms with Gasteiger partial charge in [-0.15, -0.1) is 0 Å². The van der Waals surface area contributed by atoms with E-state index in [2.05, 4.69) is 51.5 Å². The van der Waals surface area contributed by atoms with E-state index in [0.717, 1.165) is 17.0 Å². The van der Waals surface area contributed by atoms with E-state index in [-0.39, 0.29) is 0 Å². The summed E-state index contributed by atoms with van der Waals surface area (Å²) in [5.41, 5.74) is 1.87. The molecule has 0 spiro atoms. The maximum atomic E-state index is 6.11. The molecule has 0 bridgehead atoms. The Kier molecular flexibility index (Phi) is 3.95. The number of likely N-dealkylation sites (N-methyl/N-ethyl adjacent to an activating group) is 1. The first kappa shape index (κ1) is 16.1. The number of ether oxygens (including phenoxy) is 1. The summed E-state index contributed by atoms with van der Waals surface area (Å²) in [6.07, 6.45) is 11.2. The highest BCUT2D eigenvalue weighted by atomic mass is 16.5. The molecule has 7 nitrogen and oxygen atoms in total. The molecule has 2 aliphatic rings. The molecule has 0 N–H and O–H groups in total. The Labute approximate surface area is 147 Å². The number of hydrazine groups is 1. The van der Waals surface area contributed by atoms with Gasteiger partial charge in [-0.05, 0) is 31.3 Å². The van der Waals surface area contributed by atoms with Crippen LogP contribution in [0.2, 0.25) is 0 Å². The number of rotatable bonds is 5. The lowest BCUT2D eigenvalue weighted by atomic mass is 10.1. The quantitative estimate of drug-likeness (QED) is 0.828. The predicted octanol–water partition coefficient (Wildman–Crippen LogP) is 1.87. The van der Waals surface area contributed by atoms with Crippen LogP contribution in [0.1, 0.15) is 12.2 Å². The van der Waals surface area contributed by atoms with Crippen molar-refractivity contribution in [3.05, 3.63) is 36.7 Å². The molecule has 0 aromatic carbocycles. The third kappa shape index (κ3) is 3.11. The van der Waals surface area contributed by atoms with Crippen molar-refractivity contribution in [1.29, 1.82) is 0 Å². The van der Waals surface area contributed by atoms with Crippen LogP contribution in [-0.2, 0) is 7.05 Å². The van der Waals surface area contributed by atoms with Gasteiger partial charge in [0.25, 0.3) is 0 Å². The summed E-state index contributed by atoms with van der Waals surface area (Å²) in [4.78, 5) is 8.82. The van der Waals surface area contributed by atoms with Crippen LogP contribution in [0.25, 0.3) is 11.1 Å². The fraction of sp³-hybridized carbons (Fsp3) is 0.500. The lowest BCUT2D eigenvalue weighted by Gasteiger charge is -2.26. The van der Waals surface area contributed by atoms with E-state index in [1.165, 1.54) is 6.42 Å². The average Bonchev–Trinajstić information content (AvgIpc) is 3.10. The first-order valence-electron chi connectivity index (χ1n) is 8.62. The van der Waals surface area contributed by atoms with Crippen LogP contribution in [0.4, 0.5) is 0 Å². The number of aryl methyl sites for hydroxylation is 2. The number of hydrogen-bond donors (Lipinski definition) is 0. The Morgan fingerprint density at radius 2 is 2.08 bits per heavy atom. The van der Waals surface area contributed by atoms with E-state index in [0.29, 0.717) is 30.4 Å². The molecule has 7 heteroatoms. The van der Waals surface area contributed by atoms with Crippen LogP contribution < -0.4 is 4.74 Å². The summed E-state index contributed by atoms with van der Waals surface area (Å²) in [5.74, 6) is 2.59. The second-order valence-electron chi connectivity index (χ2n) is 6.99. The zero-order chi connectivity index (χ0) is 17.6. The second-order valence-corrected chi connectivity index (χ2v) is 6.99. The number of hydrogen-bond acceptors (Lipinski definition) is 6. The van der Waals surface area contributed by atoms with Crippen molar-refractivity contribution in [2.75, 3.05) is 20.7 Å². The molecule has 3 atom stereocenters. The number of aromatic nitrogens is 4. The average molecular weight is 340 g/mol. The largest absolute Gasteiger partial charge is 0.477 e. The number of nitrogens with zero attached hydrogens (tertiary/aromatic N) is 6. The Balaban J connectivity index is 1.44. The van der Waals surface area contributed by atoms with Gasteiger partial charge in [-0.3, -0.25) is 4.68 Å². The summed E-state index contributed by atoms with van der Waals surface area (Å²) in [6, 6.07) is 0.475. The fourth-order valence-electron chi connectivity index (χ4n) is 3.46. The highest BCUT2D eigenvalue weighted by Gasteiger charge is 2.46. The molecule has 1 aliphatic heterocycles. The monoisotopic (exact) mass is 340 g/mol. The van der Waals surface area contributed by atoms with Gasteiger partial charge in [0.1, 0.15) is 5.82 Å². The minimum atomic E-state index is 0.475. The lowest BCUT2D eigenvalue weighted by Crippen LogP contribution is -2.36. The first-order chi connectivity index (χ1) is 12.0. The third-order valence-corrected chi connectivity index (χ3v) is 5.17. The highest BCUT2D eigenvalue weighted by molar-refractivity contribution is 5.66. The third-order valence-electron chi connectivity index (χ3n) is 5.17. The van der Waals surface area contributed by atoms with E-state index in [1.807, 2.05) is 32.6 Å². The van der Waals surface area contributed by atoms with E-state index in [1.54, 1.807) is 4.68 Å². The smallest absolute Gasteiger partial charge is 0.224 e. The van der Waals surface area contributed by atoms with Crippen LogP contribution in [0.15, 0.2) is 30.9 Å². The summed E-state index contributed by atoms with van der Waals surface area (Å²) < 4.78 is 7.89. The highest BCUT2D eigenvalue weighted by Crippen LogP contribution is 2.45. The normalized spacial score (nSPS) is 25.6. The maximum absolute atomic E-state index is 6.11. The van der Waals surface area contributed by atoms with Crippen molar-refractivity contribution in [1.82, 2.24) is 29.8 Å². The molecule has 0 saturated heterocycles. The van der Waals surface area contributed by atoms with Crippen LogP contribution in [0.3, 0.4) is 0 Å². The van der Waals surface area contributed by atoms with Crippen molar-refractivity contribution in [3.63, 3.8) is 0 Å². The van der Waals surface area contributed by atoms with Gasteiger partial charge in [0.15, 0.2) is 0 Å². The second kappa shape index (κ2) is 6.15. The molecule has 2 aromatic rings. The lowest BCUT2D eigenvalue weighted by molar-refractivity contribution is 0.0613. The van der Waals surface area contributed by atoms with Crippen molar-refractivity contribution in [2.24, 2.45) is 18.9 Å². The van der Waals surface area contributed by atoms with Gasteiger partial charge in [-0.1, -0.05) is 0 Å². The van der Waals surface area contributed by atoms with E-state index in [9.17, 15) is 0 Å². The standard InChI is InChI=1S/C18H24N6O/c1-12-19-9-16(14-8-20-22(2)10-14)18(21-12)25-11-13-7-15(13)17-5-6-23(3)24(17)4/h5-6,8-10,13,15,17H,7,11H2,1-4H3. The predicted molar refractivity (Wildman–Crippen MR) is 94.5 cm³/mol. The molecule has 2 aromatic heterocycles. The summed E-state index contributed by atoms with van der Waals surface area (Å²) >= 11 is 0. The minimum Gasteiger partial charge on any atom is -0.477 e. The van der Waals surface area contributed by atoms with Crippen molar-refractivity contribution >= 4 is 0 Å². The summed E-state index contributed by atoms with van der Waals surface area (Å²) in [6.45, 7) is 2.57. The van der Waals surface area contributed by atoms with Crippen molar-refractivity contribution in [2.45, 2.75) is 19.4 Å². The molecule has 1 saturated carbocycles. The van der Waals surface area contributed by atoms with Crippen molar-refractivity contribution in [3.8, 4) is 17.0 Å². The molecule has 0 amide bonds. The molecule has 4 rings (SSSR count). The zero-order valence-electron chi connectivity index (χ0n) is 15.1. The molecule has 0 radical (unpaired) electrons. The Hall–Kier alpha value is -2.41. The Morgan fingerprint density at radius 1 is 1.24 bits per heavy atom. The van der Waals surface area contributed by atoms with Crippen LogP contribution >= 0.6 is 0 Å². The van der Waals surface area contributed by atoms with Crippen molar-refractivity contribution < 1.29 is 4.74 Å². The van der Waals surface area contributed by atoms with Crippen LogP contribution in [0.5, 0.6) is 5.88 Å². The fourth-order valence-corrected chi connectivity index (χ4v) is 3.46. The molecule has 1 fully saturated rings. The van der Waals surface area contributed by atoms with Gasteiger partial charge in [0.05, 0.1) is 24.4 Å². The van der Waals surface area contributed by atoms with Gasteiger partial charge in [-0.25, -0.2) is 9.99 Å². The van der Waals surface area contributed by atoms with Gasteiger partial charge in [0.2, 0.25) is 5.88 Å². The molecule has 3 heterocycles. The van der Waals surface area contributed by atoms with E-state index < -0.39 is 0 Å².